The molecule has 2 heterocycles. The number of hydrogen-bond acceptors (Lipinski definition) is 4. The van der Waals surface area contributed by atoms with Gasteiger partial charge >= 0.3 is 0 Å². The number of pyridine rings is 1. The Morgan fingerprint density at radius 2 is 2.18 bits per heavy atom. The quantitative estimate of drug-likeness (QED) is 0.582. The second kappa shape index (κ2) is 6.15. The van der Waals surface area contributed by atoms with E-state index in [4.69, 9.17) is 4.74 Å². The fourth-order valence-corrected chi connectivity index (χ4v) is 2.12. The van der Waals surface area contributed by atoms with Gasteiger partial charge in [-0.1, -0.05) is 0 Å². The summed E-state index contributed by atoms with van der Waals surface area (Å²) in [6.45, 7) is 0.664. The highest BCUT2D eigenvalue weighted by molar-refractivity contribution is 7.11. The van der Waals surface area contributed by atoms with Crippen molar-refractivity contribution in [2.24, 2.45) is 0 Å². The number of aryl methyl sites for hydroxylation is 1. The number of rotatable bonds is 6. The van der Waals surface area contributed by atoms with Gasteiger partial charge in [0.2, 0.25) is 0 Å². The molecule has 2 rings (SSSR count). The van der Waals surface area contributed by atoms with E-state index in [1.54, 1.807) is 18.5 Å². The summed E-state index contributed by atoms with van der Waals surface area (Å²) in [5.74, 6) is 0.784. The molecule has 4 heteroatoms. The summed E-state index contributed by atoms with van der Waals surface area (Å²) in [6, 6.07) is 5.79. The summed E-state index contributed by atoms with van der Waals surface area (Å²) >= 11 is 1.40. The summed E-state index contributed by atoms with van der Waals surface area (Å²) < 4.78 is 5.55. The maximum Gasteiger partial charge on any atom is 0.160 e. The van der Waals surface area contributed by atoms with Gasteiger partial charge < -0.3 is 4.74 Å². The Morgan fingerprint density at radius 1 is 1.35 bits per heavy atom. The molecule has 17 heavy (non-hydrogen) atoms. The van der Waals surface area contributed by atoms with E-state index in [1.165, 1.54) is 16.9 Å². The zero-order valence-electron chi connectivity index (χ0n) is 9.33. The Balaban J connectivity index is 1.71. The molecule has 2 aromatic rings. The number of hydrogen-bond donors (Lipinski definition) is 0. The minimum atomic E-state index is 0.664. The molecule has 0 saturated carbocycles. The van der Waals surface area contributed by atoms with Crippen LogP contribution < -0.4 is 4.74 Å². The molecule has 0 aliphatic rings. The summed E-state index contributed by atoms with van der Waals surface area (Å²) in [5.41, 5.74) is 1.27. The summed E-state index contributed by atoms with van der Waals surface area (Å²) in [6.07, 6.45) is 6.37. The van der Waals surface area contributed by atoms with Crippen LogP contribution in [0.4, 0.5) is 0 Å². The lowest BCUT2D eigenvalue weighted by Crippen LogP contribution is -1.98. The van der Waals surface area contributed by atoms with Crippen LogP contribution in [0.3, 0.4) is 0 Å². The number of nitrogens with zero attached hydrogens (tertiary/aromatic N) is 1. The van der Waals surface area contributed by atoms with Crippen molar-refractivity contribution in [3.8, 4) is 5.75 Å². The van der Waals surface area contributed by atoms with Crippen molar-refractivity contribution in [1.82, 2.24) is 4.98 Å². The molecule has 2 aromatic heterocycles. The molecule has 3 nitrogen and oxygen atoms in total. The smallest absolute Gasteiger partial charge is 0.160 e. The Hall–Kier alpha value is -1.68. The van der Waals surface area contributed by atoms with Crippen molar-refractivity contribution in [2.75, 3.05) is 6.61 Å². The van der Waals surface area contributed by atoms with Crippen molar-refractivity contribution in [3.63, 3.8) is 0 Å². The summed E-state index contributed by atoms with van der Waals surface area (Å²) in [4.78, 5) is 15.2. The van der Waals surface area contributed by atoms with Gasteiger partial charge in [0.1, 0.15) is 5.75 Å². The van der Waals surface area contributed by atoms with Gasteiger partial charge in [-0.05, 0) is 30.5 Å². The predicted octanol–water partition coefficient (Wildman–Crippen LogP) is 2.97. The van der Waals surface area contributed by atoms with Gasteiger partial charge in [-0.3, -0.25) is 9.78 Å². The van der Waals surface area contributed by atoms with Crippen molar-refractivity contribution in [2.45, 2.75) is 12.8 Å². The van der Waals surface area contributed by atoms with Crippen molar-refractivity contribution < 1.29 is 9.53 Å². The highest BCUT2D eigenvalue weighted by Crippen LogP contribution is 2.20. The number of thiophene rings is 1. The van der Waals surface area contributed by atoms with E-state index in [2.05, 4.69) is 4.98 Å². The number of ether oxygens (including phenoxy) is 1. The van der Waals surface area contributed by atoms with Gasteiger partial charge in [0.25, 0.3) is 0 Å². The van der Waals surface area contributed by atoms with Crippen LogP contribution >= 0.6 is 11.3 Å². The van der Waals surface area contributed by atoms with Crippen LogP contribution in [0.1, 0.15) is 21.7 Å². The SMILES string of the molecule is O=Cc1cc(OCCCc2ccncc2)cs1. The third-order valence-electron chi connectivity index (χ3n) is 2.34. The molecule has 0 aromatic carbocycles. The Labute approximate surface area is 104 Å². The number of carbonyl (C=O) groups excluding carboxylic acids is 1. The van der Waals surface area contributed by atoms with E-state index in [9.17, 15) is 4.79 Å². The van der Waals surface area contributed by atoms with Crippen LogP contribution in [0, 0.1) is 0 Å². The Bertz CT molecular complexity index is 467. The first kappa shape index (κ1) is 11.8. The first-order chi connectivity index (χ1) is 8.38. The van der Waals surface area contributed by atoms with Gasteiger partial charge in [-0.25, -0.2) is 0 Å². The molecular weight excluding hydrogens is 234 g/mol. The minimum absolute atomic E-state index is 0.664. The van der Waals surface area contributed by atoms with Gasteiger partial charge in [0, 0.05) is 23.8 Å². The molecule has 0 unspecified atom stereocenters. The molecule has 0 saturated heterocycles. The molecule has 0 amide bonds. The average molecular weight is 247 g/mol. The van der Waals surface area contributed by atoms with E-state index in [0.29, 0.717) is 11.5 Å². The van der Waals surface area contributed by atoms with Gasteiger partial charge in [-0.2, -0.15) is 0 Å². The van der Waals surface area contributed by atoms with Crippen LogP contribution in [0.25, 0.3) is 0 Å². The largest absolute Gasteiger partial charge is 0.493 e. The summed E-state index contributed by atoms with van der Waals surface area (Å²) in [7, 11) is 0. The second-order valence-electron chi connectivity index (χ2n) is 3.61. The lowest BCUT2D eigenvalue weighted by molar-refractivity contribution is 0.112. The average Bonchev–Trinajstić information content (AvgIpc) is 2.84. The monoisotopic (exact) mass is 247 g/mol. The van der Waals surface area contributed by atoms with E-state index in [1.807, 2.05) is 17.5 Å². The van der Waals surface area contributed by atoms with Gasteiger partial charge in [-0.15, -0.1) is 11.3 Å². The van der Waals surface area contributed by atoms with E-state index in [0.717, 1.165) is 24.9 Å². The predicted molar refractivity (Wildman–Crippen MR) is 67.8 cm³/mol. The molecule has 88 valence electrons. The zero-order valence-corrected chi connectivity index (χ0v) is 10.2. The van der Waals surface area contributed by atoms with E-state index >= 15 is 0 Å². The van der Waals surface area contributed by atoms with Crippen LogP contribution in [0.15, 0.2) is 36.0 Å². The molecule has 0 atom stereocenters. The molecule has 0 aliphatic carbocycles. The second-order valence-corrected chi connectivity index (χ2v) is 4.55. The first-order valence-corrected chi connectivity index (χ1v) is 6.32. The highest BCUT2D eigenvalue weighted by atomic mass is 32.1. The molecule has 0 N–H and O–H groups in total. The maximum atomic E-state index is 10.5. The van der Waals surface area contributed by atoms with Crippen molar-refractivity contribution >= 4 is 17.6 Å². The normalized spacial score (nSPS) is 10.1. The van der Waals surface area contributed by atoms with Crippen LogP contribution in [0.5, 0.6) is 5.75 Å². The maximum absolute atomic E-state index is 10.5. The first-order valence-electron chi connectivity index (χ1n) is 5.44. The van der Waals surface area contributed by atoms with Crippen LogP contribution in [-0.2, 0) is 6.42 Å². The van der Waals surface area contributed by atoms with E-state index in [-0.39, 0.29) is 0 Å². The topological polar surface area (TPSA) is 39.2 Å². The molecule has 0 spiro atoms. The zero-order chi connectivity index (χ0) is 11.9. The third kappa shape index (κ3) is 3.67. The molecule has 0 aliphatic heterocycles. The van der Waals surface area contributed by atoms with Crippen LogP contribution in [-0.4, -0.2) is 17.9 Å². The Kier molecular flexibility index (Phi) is 4.27. The molecular formula is C13H13NO2S. The van der Waals surface area contributed by atoms with Gasteiger partial charge in [0.15, 0.2) is 6.29 Å². The summed E-state index contributed by atoms with van der Waals surface area (Å²) in [5, 5.41) is 1.86. The Morgan fingerprint density at radius 3 is 2.88 bits per heavy atom. The number of aromatic nitrogens is 1. The fraction of sp³-hybridized carbons (Fsp3) is 0.231. The minimum Gasteiger partial charge on any atom is -0.493 e. The van der Waals surface area contributed by atoms with Gasteiger partial charge in [0.05, 0.1) is 11.5 Å². The standard InChI is InChI=1S/C13H13NO2S/c15-9-13-8-12(10-17-13)16-7-1-2-11-3-5-14-6-4-11/h3-6,8-10H,1-2,7H2. The molecule has 0 fully saturated rings. The highest BCUT2D eigenvalue weighted by Gasteiger charge is 1.99. The van der Waals surface area contributed by atoms with E-state index < -0.39 is 0 Å². The number of carbonyl (C=O) groups is 1. The van der Waals surface area contributed by atoms with Crippen LogP contribution in [0.2, 0.25) is 0 Å². The lowest BCUT2D eigenvalue weighted by Gasteiger charge is -2.03. The lowest BCUT2D eigenvalue weighted by atomic mass is 10.1. The molecule has 0 radical (unpaired) electrons. The van der Waals surface area contributed by atoms with Crippen molar-refractivity contribution in [3.05, 3.63) is 46.4 Å². The fourth-order valence-electron chi connectivity index (χ4n) is 1.49. The van der Waals surface area contributed by atoms with Crippen molar-refractivity contribution in [1.29, 1.82) is 0 Å². The number of aldehydes is 1. The molecule has 0 bridgehead atoms. The third-order valence-corrected chi connectivity index (χ3v) is 3.18.